The molecule has 2 aliphatic rings. The molecule has 1 heterocycles. The lowest BCUT2D eigenvalue weighted by atomic mass is 9.98. The normalized spacial score (nSPS) is 32.2. The van der Waals surface area contributed by atoms with Gasteiger partial charge in [-0.15, -0.1) is 0 Å². The van der Waals surface area contributed by atoms with Crippen molar-refractivity contribution in [1.29, 1.82) is 0 Å². The molecule has 0 N–H and O–H groups in total. The maximum Gasteiger partial charge on any atom is 0.104 e. The Hall–Kier alpha value is -0.0800. The second-order valence-corrected chi connectivity index (χ2v) is 3.55. The number of epoxide rings is 1. The Balaban J connectivity index is 1.59. The average molecular weight is 156 g/mol. The Labute approximate surface area is 67.9 Å². The Bertz CT molecular complexity index is 115. The van der Waals surface area contributed by atoms with Crippen molar-refractivity contribution < 1.29 is 9.47 Å². The zero-order valence-electron chi connectivity index (χ0n) is 6.92. The average Bonchev–Trinajstić information content (AvgIpc) is 2.86. The third-order valence-corrected chi connectivity index (χ3v) is 2.47. The first kappa shape index (κ1) is 7.56. The van der Waals surface area contributed by atoms with E-state index < -0.39 is 0 Å². The molecule has 11 heavy (non-hydrogen) atoms. The standard InChI is InChI=1S/C9H16O2/c1-2-4-8(5-3-1)10-6-9-7-11-9/h8-9H,1-7H2/t9-/m1/s1. The number of rotatable bonds is 3. The van der Waals surface area contributed by atoms with Crippen LogP contribution in [0.3, 0.4) is 0 Å². The molecule has 0 unspecified atom stereocenters. The molecule has 2 fully saturated rings. The van der Waals surface area contributed by atoms with Crippen LogP contribution in [0.25, 0.3) is 0 Å². The second-order valence-electron chi connectivity index (χ2n) is 3.55. The lowest BCUT2D eigenvalue weighted by Gasteiger charge is -2.21. The van der Waals surface area contributed by atoms with Crippen LogP contribution in [-0.2, 0) is 9.47 Å². The lowest BCUT2D eigenvalue weighted by molar-refractivity contribution is 0.0199. The fourth-order valence-corrected chi connectivity index (χ4v) is 1.64. The summed E-state index contributed by atoms with van der Waals surface area (Å²) in [4.78, 5) is 0. The predicted molar refractivity (Wildman–Crippen MR) is 42.6 cm³/mol. The zero-order valence-corrected chi connectivity index (χ0v) is 6.92. The number of ether oxygens (including phenoxy) is 2. The van der Waals surface area contributed by atoms with Gasteiger partial charge in [-0.1, -0.05) is 19.3 Å². The van der Waals surface area contributed by atoms with E-state index in [4.69, 9.17) is 9.47 Å². The van der Waals surface area contributed by atoms with Crippen molar-refractivity contribution in [3.63, 3.8) is 0 Å². The highest BCUT2D eigenvalue weighted by Crippen LogP contribution is 2.21. The van der Waals surface area contributed by atoms with Crippen molar-refractivity contribution in [1.82, 2.24) is 0 Å². The van der Waals surface area contributed by atoms with E-state index in [2.05, 4.69) is 0 Å². The molecular weight excluding hydrogens is 140 g/mol. The van der Waals surface area contributed by atoms with E-state index in [1.165, 1.54) is 32.1 Å². The fourth-order valence-electron chi connectivity index (χ4n) is 1.64. The van der Waals surface area contributed by atoms with Gasteiger partial charge in [-0.05, 0) is 12.8 Å². The zero-order chi connectivity index (χ0) is 7.52. The van der Waals surface area contributed by atoms with Crippen LogP contribution >= 0.6 is 0 Å². The van der Waals surface area contributed by atoms with Gasteiger partial charge in [0.2, 0.25) is 0 Å². The van der Waals surface area contributed by atoms with Crippen LogP contribution < -0.4 is 0 Å². The van der Waals surface area contributed by atoms with Crippen LogP contribution in [0.1, 0.15) is 32.1 Å². The van der Waals surface area contributed by atoms with Gasteiger partial charge in [-0.3, -0.25) is 0 Å². The molecule has 0 aromatic heterocycles. The van der Waals surface area contributed by atoms with Crippen molar-refractivity contribution in [2.45, 2.75) is 44.3 Å². The second kappa shape index (κ2) is 3.55. The van der Waals surface area contributed by atoms with E-state index >= 15 is 0 Å². The molecule has 0 bridgehead atoms. The maximum absolute atomic E-state index is 5.68. The molecule has 1 atom stereocenters. The van der Waals surface area contributed by atoms with Crippen molar-refractivity contribution in [2.75, 3.05) is 13.2 Å². The molecule has 2 heteroatoms. The van der Waals surface area contributed by atoms with E-state index in [-0.39, 0.29) is 0 Å². The topological polar surface area (TPSA) is 21.8 Å². The van der Waals surface area contributed by atoms with E-state index in [0.29, 0.717) is 12.2 Å². The van der Waals surface area contributed by atoms with Crippen LogP contribution in [0.4, 0.5) is 0 Å². The quantitative estimate of drug-likeness (QED) is 0.580. The summed E-state index contributed by atoms with van der Waals surface area (Å²) in [6.07, 6.45) is 7.65. The number of hydrogen-bond acceptors (Lipinski definition) is 2. The van der Waals surface area contributed by atoms with Crippen LogP contribution in [0.15, 0.2) is 0 Å². The van der Waals surface area contributed by atoms with Crippen LogP contribution in [0.2, 0.25) is 0 Å². The third kappa shape index (κ3) is 2.46. The number of hydrogen-bond donors (Lipinski definition) is 0. The van der Waals surface area contributed by atoms with Crippen molar-refractivity contribution in [2.24, 2.45) is 0 Å². The SMILES string of the molecule is C1CCC(OC[C@@H]2CO2)CC1. The molecule has 64 valence electrons. The minimum Gasteiger partial charge on any atom is -0.375 e. The molecule has 2 nitrogen and oxygen atoms in total. The largest absolute Gasteiger partial charge is 0.375 e. The minimum absolute atomic E-state index is 0.442. The molecule has 1 aliphatic carbocycles. The van der Waals surface area contributed by atoms with Crippen molar-refractivity contribution >= 4 is 0 Å². The first-order valence-corrected chi connectivity index (χ1v) is 4.68. The molecule has 0 radical (unpaired) electrons. The molecule has 0 aromatic rings. The van der Waals surface area contributed by atoms with Gasteiger partial charge in [0.1, 0.15) is 6.10 Å². The Morgan fingerprint density at radius 1 is 1.18 bits per heavy atom. The van der Waals surface area contributed by atoms with Crippen LogP contribution in [0.5, 0.6) is 0 Å². The Morgan fingerprint density at radius 3 is 2.55 bits per heavy atom. The molecule has 0 amide bonds. The molecule has 0 aromatic carbocycles. The summed E-state index contributed by atoms with van der Waals surface area (Å²) in [6, 6.07) is 0. The van der Waals surface area contributed by atoms with E-state index in [1.54, 1.807) is 0 Å². The Morgan fingerprint density at radius 2 is 1.91 bits per heavy atom. The molecular formula is C9H16O2. The molecule has 1 saturated heterocycles. The summed E-state index contributed by atoms with van der Waals surface area (Å²) < 4.78 is 10.8. The molecule has 1 aliphatic heterocycles. The van der Waals surface area contributed by atoms with Gasteiger partial charge in [0.15, 0.2) is 0 Å². The van der Waals surface area contributed by atoms with E-state index in [9.17, 15) is 0 Å². The highest BCUT2D eigenvalue weighted by molar-refractivity contribution is 4.71. The summed E-state index contributed by atoms with van der Waals surface area (Å²) in [6.45, 7) is 1.76. The van der Waals surface area contributed by atoms with Crippen molar-refractivity contribution in [3.05, 3.63) is 0 Å². The molecule has 1 saturated carbocycles. The van der Waals surface area contributed by atoms with Gasteiger partial charge in [0.05, 0.1) is 19.3 Å². The van der Waals surface area contributed by atoms with Crippen LogP contribution in [-0.4, -0.2) is 25.4 Å². The third-order valence-electron chi connectivity index (χ3n) is 2.47. The van der Waals surface area contributed by atoms with Gasteiger partial charge in [0, 0.05) is 0 Å². The van der Waals surface area contributed by atoms with Crippen LogP contribution in [0, 0.1) is 0 Å². The summed E-state index contributed by atoms with van der Waals surface area (Å²) in [5, 5.41) is 0. The van der Waals surface area contributed by atoms with Gasteiger partial charge in [0.25, 0.3) is 0 Å². The highest BCUT2D eigenvalue weighted by Gasteiger charge is 2.24. The highest BCUT2D eigenvalue weighted by atomic mass is 16.6. The van der Waals surface area contributed by atoms with Gasteiger partial charge >= 0.3 is 0 Å². The predicted octanol–water partition coefficient (Wildman–Crippen LogP) is 1.73. The van der Waals surface area contributed by atoms with E-state index in [0.717, 1.165) is 13.2 Å². The molecule has 0 spiro atoms. The van der Waals surface area contributed by atoms with Crippen molar-refractivity contribution in [3.8, 4) is 0 Å². The summed E-state index contributed by atoms with van der Waals surface area (Å²) in [5.41, 5.74) is 0. The van der Waals surface area contributed by atoms with Gasteiger partial charge in [-0.2, -0.15) is 0 Å². The van der Waals surface area contributed by atoms with Gasteiger partial charge < -0.3 is 9.47 Å². The summed E-state index contributed by atoms with van der Waals surface area (Å²) in [7, 11) is 0. The first-order valence-electron chi connectivity index (χ1n) is 4.68. The monoisotopic (exact) mass is 156 g/mol. The fraction of sp³-hybridized carbons (Fsp3) is 1.00. The summed E-state index contributed by atoms with van der Waals surface area (Å²) >= 11 is 0. The minimum atomic E-state index is 0.442. The maximum atomic E-state index is 5.68. The first-order chi connectivity index (χ1) is 5.45. The lowest BCUT2D eigenvalue weighted by Crippen LogP contribution is -2.18. The summed E-state index contributed by atoms with van der Waals surface area (Å²) in [5.74, 6) is 0. The smallest absolute Gasteiger partial charge is 0.104 e. The molecule has 2 rings (SSSR count). The Kier molecular flexibility index (Phi) is 2.44. The van der Waals surface area contributed by atoms with E-state index in [1.807, 2.05) is 0 Å². The van der Waals surface area contributed by atoms with Gasteiger partial charge in [-0.25, -0.2) is 0 Å².